The fourth-order valence-corrected chi connectivity index (χ4v) is 3.41. The second kappa shape index (κ2) is 5.63. The van der Waals surface area contributed by atoms with E-state index in [0.29, 0.717) is 11.3 Å². The lowest BCUT2D eigenvalue weighted by molar-refractivity contribution is 0.390. The van der Waals surface area contributed by atoms with Gasteiger partial charge in [0.1, 0.15) is 0 Å². The SMILES string of the molecule is CCNC1CCCCC1Sc1nnnn1C. The predicted molar refractivity (Wildman–Crippen MR) is 64.4 cm³/mol. The molecule has 1 N–H and O–H groups in total. The summed E-state index contributed by atoms with van der Waals surface area (Å²) in [6, 6.07) is 0.612. The number of nitrogens with one attached hydrogen (secondary N) is 1. The number of hydrogen-bond acceptors (Lipinski definition) is 5. The molecule has 1 fully saturated rings. The van der Waals surface area contributed by atoms with Gasteiger partial charge in [0.2, 0.25) is 5.16 Å². The molecule has 0 amide bonds. The summed E-state index contributed by atoms with van der Waals surface area (Å²) >= 11 is 1.81. The maximum Gasteiger partial charge on any atom is 0.209 e. The van der Waals surface area contributed by atoms with E-state index in [-0.39, 0.29) is 0 Å². The third-order valence-electron chi connectivity index (χ3n) is 3.01. The van der Waals surface area contributed by atoms with Crippen molar-refractivity contribution in [1.82, 2.24) is 25.5 Å². The molecule has 0 bridgehead atoms. The fraction of sp³-hybridized carbons (Fsp3) is 0.900. The lowest BCUT2D eigenvalue weighted by Gasteiger charge is -2.30. The molecule has 0 saturated heterocycles. The van der Waals surface area contributed by atoms with Crippen molar-refractivity contribution >= 4 is 11.8 Å². The van der Waals surface area contributed by atoms with E-state index in [9.17, 15) is 0 Å². The summed E-state index contributed by atoms with van der Waals surface area (Å²) in [6.45, 7) is 3.21. The van der Waals surface area contributed by atoms with E-state index in [1.807, 2.05) is 18.8 Å². The Kier molecular flexibility index (Phi) is 4.17. The quantitative estimate of drug-likeness (QED) is 0.859. The van der Waals surface area contributed by atoms with Crippen LogP contribution >= 0.6 is 11.8 Å². The van der Waals surface area contributed by atoms with E-state index >= 15 is 0 Å². The lowest BCUT2D eigenvalue weighted by atomic mass is 9.95. The average Bonchev–Trinajstić information content (AvgIpc) is 2.68. The summed E-state index contributed by atoms with van der Waals surface area (Å²) in [5.74, 6) is 0. The molecule has 0 radical (unpaired) electrons. The number of aryl methyl sites for hydroxylation is 1. The zero-order chi connectivity index (χ0) is 11.4. The van der Waals surface area contributed by atoms with Gasteiger partial charge in [0.25, 0.3) is 0 Å². The first-order chi connectivity index (χ1) is 7.81. The van der Waals surface area contributed by atoms with Crippen LogP contribution in [0, 0.1) is 0 Å². The minimum Gasteiger partial charge on any atom is -0.313 e. The van der Waals surface area contributed by atoms with Gasteiger partial charge in [-0.25, -0.2) is 4.68 Å². The van der Waals surface area contributed by atoms with Crippen LogP contribution in [0.2, 0.25) is 0 Å². The van der Waals surface area contributed by atoms with Crippen LogP contribution in [-0.2, 0) is 7.05 Å². The summed E-state index contributed by atoms with van der Waals surface area (Å²) in [5.41, 5.74) is 0. The monoisotopic (exact) mass is 241 g/mol. The minimum absolute atomic E-state index is 0.610. The smallest absolute Gasteiger partial charge is 0.209 e. The Morgan fingerprint density at radius 1 is 1.44 bits per heavy atom. The molecule has 1 heterocycles. The molecule has 5 nitrogen and oxygen atoms in total. The Labute approximate surface area is 100 Å². The Bertz CT molecular complexity index is 325. The molecule has 1 aliphatic rings. The molecule has 2 rings (SSSR count). The molecule has 1 saturated carbocycles. The second-order valence-corrected chi connectivity index (χ2v) is 5.40. The highest BCUT2D eigenvalue weighted by Gasteiger charge is 2.26. The van der Waals surface area contributed by atoms with Gasteiger partial charge in [-0.2, -0.15) is 0 Å². The zero-order valence-corrected chi connectivity index (χ0v) is 10.7. The van der Waals surface area contributed by atoms with E-state index in [4.69, 9.17) is 0 Å². The van der Waals surface area contributed by atoms with E-state index in [2.05, 4.69) is 27.8 Å². The maximum atomic E-state index is 4.04. The van der Waals surface area contributed by atoms with Crippen molar-refractivity contribution in [3.8, 4) is 0 Å². The van der Waals surface area contributed by atoms with Crippen molar-refractivity contribution in [3.63, 3.8) is 0 Å². The highest BCUT2D eigenvalue weighted by Crippen LogP contribution is 2.32. The molecule has 1 aromatic heterocycles. The molecule has 1 aliphatic carbocycles. The van der Waals surface area contributed by atoms with Crippen molar-refractivity contribution in [3.05, 3.63) is 0 Å². The van der Waals surface area contributed by atoms with Gasteiger partial charge in [-0.15, -0.1) is 5.10 Å². The van der Waals surface area contributed by atoms with Crippen molar-refractivity contribution in [2.24, 2.45) is 7.05 Å². The van der Waals surface area contributed by atoms with Crippen LogP contribution in [-0.4, -0.2) is 38.0 Å². The number of aromatic nitrogens is 4. The van der Waals surface area contributed by atoms with Crippen LogP contribution in [0.5, 0.6) is 0 Å². The molecular weight excluding hydrogens is 222 g/mol. The van der Waals surface area contributed by atoms with Crippen LogP contribution < -0.4 is 5.32 Å². The van der Waals surface area contributed by atoms with E-state index in [1.54, 1.807) is 4.68 Å². The van der Waals surface area contributed by atoms with Gasteiger partial charge in [-0.1, -0.05) is 31.5 Å². The molecular formula is C10H19N5S. The number of rotatable bonds is 4. The van der Waals surface area contributed by atoms with Gasteiger partial charge in [-0.3, -0.25) is 0 Å². The lowest BCUT2D eigenvalue weighted by Crippen LogP contribution is -2.40. The normalized spacial score (nSPS) is 25.9. The zero-order valence-electron chi connectivity index (χ0n) is 9.89. The van der Waals surface area contributed by atoms with Gasteiger partial charge < -0.3 is 5.32 Å². The predicted octanol–water partition coefficient (Wildman–Crippen LogP) is 1.22. The fourth-order valence-electron chi connectivity index (χ4n) is 2.19. The third kappa shape index (κ3) is 2.74. The summed E-state index contributed by atoms with van der Waals surface area (Å²) in [5, 5.41) is 16.7. The number of hydrogen-bond donors (Lipinski definition) is 1. The number of thioether (sulfide) groups is 1. The summed E-state index contributed by atoms with van der Waals surface area (Å²) < 4.78 is 1.75. The Balaban J connectivity index is 1.98. The van der Waals surface area contributed by atoms with E-state index in [1.165, 1.54) is 25.7 Å². The topological polar surface area (TPSA) is 55.6 Å². The Hall–Kier alpha value is -0.620. The van der Waals surface area contributed by atoms with Gasteiger partial charge in [0, 0.05) is 18.3 Å². The molecule has 2 atom stereocenters. The number of tetrazole rings is 1. The van der Waals surface area contributed by atoms with Gasteiger partial charge in [0.15, 0.2) is 0 Å². The highest BCUT2D eigenvalue weighted by atomic mass is 32.2. The largest absolute Gasteiger partial charge is 0.313 e. The van der Waals surface area contributed by atoms with Gasteiger partial charge >= 0.3 is 0 Å². The van der Waals surface area contributed by atoms with Crippen molar-refractivity contribution in [1.29, 1.82) is 0 Å². The van der Waals surface area contributed by atoms with Crippen LogP contribution in [0.4, 0.5) is 0 Å². The van der Waals surface area contributed by atoms with E-state index in [0.717, 1.165) is 11.7 Å². The molecule has 6 heteroatoms. The molecule has 90 valence electrons. The van der Waals surface area contributed by atoms with Gasteiger partial charge in [0.05, 0.1) is 0 Å². The maximum absolute atomic E-state index is 4.04. The summed E-state index contributed by atoms with van der Waals surface area (Å²) in [6.07, 6.45) is 5.20. The molecule has 2 unspecified atom stereocenters. The third-order valence-corrected chi connectivity index (χ3v) is 4.43. The van der Waals surface area contributed by atoms with Crippen LogP contribution in [0.3, 0.4) is 0 Å². The minimum atomic E-state index is 0.610. The van der Waals surface area contributed by atoms with Crippen LogP contribution in [0.15, 0.2) is 5.16 Å². The van der Waals surface area contributed by atoms with Crippen molar-refractivity contribution < 1.29 is 0 Å². The average molecular weight is 241 g/mol. The second-order valence-electron chi connectivity index (χ2n) is 4.19. The summed E-state index contributed by atoms with van der Waals surface area (Å²) in [7, 11) is 1.90. The number of nitrogens with zero attached hydrogens (tertiary/aromatic N) is 4. The Morgan fingerprint density at radius 2 is 2.25 bits per heavy atom. The van der Waals surface area contributed by atoms with E-state index < -0.39 is 0 Å². The van der Waals surface area contributed by atoms with Crippen LogP contribution in [0.25, 0.3) is 0 Å². The molecule has 0 aliphatic heterocycles. The summed E-state index contributed by atoms with van der Waals surface area (Å²) in [4.78, 5) is 0. The Morgan fingerprint density at radius 3 is 2.94 bits per heavy atom. The highest BCUT2D eigenvalue weighted by molar-refractivity contribution is 7.99. The first-order valence-electron chi connectivity index (χ1n) is 5.93. The van der Waals surface area contributed by atoms with Crippen molar-refractivity contribution in [2.45, 2.75) is 49.1 Å². The molecule has 0 spiro atoms. The first kappa shape index (κ1) is 11.9. The standard InChI is InChI=1S/C10H19N5S/c1-3-11-8-6-4-5-7-9(8)16-10-12-13-14-15(10)2/h8-9,11H,3-7H2,1-2H3. The van der Waals surface area contributed by atoms with Crippen LogP contribution in [0.1, 0.15) is 32.6 Å². The van der Waals surface area contributed by atoms with Crippen molar-refractivity contribution in [2.75, 3.05) is 6.54 Å². The first-order valence-corrected chi connectivity index (χ1v) is 6.81. The molecule has 0 aromatic carbocycles. The van der Waals surface area contributed by atoms with Gasteiger partial charge in [-0.05, 0) is 29.8 Å². The molecule has 16 heavy (non-hydrogen) atoms. The molecule has 1 aromatic rings.